The Bertz CT molecular complexity index is 996. The average molecular weight is 403 g/mol. The molecule has 1 aromatic carbocycles. The number of nitrogens with one attached hydrogen (secondary N) is 2. The van der Waals surface area contributed by atoms with Crippen LogP contribution in [0.2, 0.25) is 0 Å². The van der Waals surface area contributed by atoms with Crippen LogP contribution in [0.4, 0.5) is 13.2 Å². The highest BCUT2D eigenvalue weighted by molar-refractivity contribution is 5.82. The van der Waals surface area contributed by atoms with Crippen molar-refractivity contribution in [2.75, 3.05) is 6.54 Å². The fraction of sp³-hybridized carbons (Fsp3) is 0.350. The summed E-state index contributed by atoms with van der Waals surface area (Å²) in [5.74, 6) is 0.0773. The van der Waals surface area contributed by atoms with Gasteiger partial charge in [-0.3, -0.25) is 9.20 Å². The first-order valence-corrected chi connectivity index (χ1v) is 9.41. The molecule has 6 nitrogen and oxygen atoms in total. The minimum atomic E-state index is -4.48. The molecule has 0 aliphatic carbocycles. The van der Waals surface area contributed by atoms with Crippen LogP contribution in [0.25, 0.3) is 5.65 Å². The third kappa shape index (κ3) is 4.24. The van der Waals surface area contributed by atoms with E-state index in [0.29, 0.717) is 12.1 Å². The highest BCUT2D eigenvalue weighted by Crippen LogP contribution is 2.30. The van der Waals surface area contributed by atoms with E-state index >= 15 is 0 Å². The Morgan fingerprint density at radius 2 is 2.00 bits per heavy atom. The Morgan fingerprint density at radius 1 is 1.21 bits per heavy atom. The summed E-state index contributed by atoms with van der Waals surface area (Å²) in [7, 11) is 0. The van der Waals surface area contributed by atoms with Crippen molar-refractivity contribution >= 4 is 11.6 Å². The van der Waals surface area contributed by atoms with E-state index in [-0.39, 0.29) is 17.8 Å². The standard InChI is InChI=1S/C20H20F3N5O/c21-20(22,23)14-8-9-17-26-27-18(28(17)12-14)16(11-13-5-2-1-3-6-13)25-19(29)15-7-4-10-24-15/h1-3,5-6,8-9,12,15-16,24H,4,7,10-11H2,(H,25,29)/t15?,16-/m1/s1. The van der Waals surface area contributed by atoms with E-state index in [9.17, 15) is 18.0 Å². The Morgan fingerprint density at radius 3 is 2.69 bits per heavy atom. The number of fused-ring (bicyclic) bond motifs is 1. The molecule has 3 heterocycles. The first kappa shape index (κ1) is 19.4. The molecule has 2 N–H and O–H groups in total. The third-order valence-electron chi connectivity index (χ3n) is 5.04. The van der Waals surface area contributed by atoms with Crippen molar-refractivity contribution in [1.29, 1.82) is 0 Å². The molecule has 29 heavy (non-hydrogen) atoms. The van der Waals surface area contributed by atoms with Crippen LogP contribution in [-0.4, -0.2) is 33.1 Å². The van der Waals surface area contributed by atoms with Crippen LogP contribution in [0.3, 0.4) is 0 Å². The normalized spacial score (nSPS) is 18.1. The highest BCUT2D eigenvalue weighted by Gasteiger charge is 2.32. The van der Waals surface area contributed by atoms with Gasteiger partial charge < -0.3 is 10.6 Å². The predicted molar refractivity (Wildman–Crippen MR) is 100 cm³/mol. The lowest BCUT2D eigenvalue weighted by Crippen LogP contribution is -2.43. The van der Waals surface area contributed by atoms with Crippen molar-refractivity contribution < 1.29 is 18.0 Å². The molecule has 0 radical (unpaired) electrons. The minimum absolute atomic E-state index is 0.188. The van der Waals surface area contributed by atoms with Gasteiger partial charge in [0.15, 0.2) is 11.5 Å². The van der Waals surface area contributed by atoms with Crippen molar-refractivity contribution in [3.8, 4) is 0 Å². The van der Waals surface area contributed by atoms with Crippen LogP contribution >= 0.6 is 0 Å². The zero-order valence-corrected chi connectivity index (χ0v) is 15.5. The quantitative estimate of drug-likeness (QED) is 0.687. The molecule has 9 heteroatoms. The van der Waals surface area contributed by atoms with E-state index in [2.05, 4.69) is 20.8 Å². The van der Waals surface area contributed by atoms with Crippen LogP contribution in [-0.2, 0) is 17.4 Å². The van der Waals surface area contributed by atoms with Crippen molar-refractivity contribution in [3.63, 3.8) is 0 Å². The lowest BCUT2D eigenvalue weighted by molar-refractivity contribution is -0.137. The van der Waals surface area contributed by atoms with Crippen LogP contribution in [0.15, 0.2) is 48.7 Å². The van der Waals surface area contributed by atoms with Gasteiger partial charge in [0.25, 0.3) is 0 Å². The van der Waals surface area contributed by atoms with Gasteiger partial charge >= 0.3 is 6.18 Å². The van der Waals surface area contributed by atoms with E-state index in [0.717, 1.165) is 37.2 Å². The fourth-order valence-corrected chi connectivity index (χ4v) is 3.55. The van der Waals surface area contributed by atoms with Crippen LogP contribution in [0, 0.1) is 0 Å². The molecular weight excluding hydrogens is 383 g/mol. The zero-order chi connectivity index (χ0) is 20.4. The molecule has 1 aliphatic heterocycles. The van der Waals surface area contributed by atoms with Crippen LogP contribution < -0.4 is 10.6 Å². The molecular formula is C20H20F3N5O. The van der Waals surface area contributed by atoms with Crippen LogP contribution in [0.5, 0.6) is 0 Å². The van der Waals surface area contributed by atoms with E-state index in [1.807, 2.05) is 30.3 Å². The van der Waals surface area contributed by atoms with E-state index in [1.54, 1.807) is 0 Å². The summed E-state index contributed by atoms with van der Waals surface area (Å²) in [6.45, 7) is 0.768. The molecule has 0 spiro atoms. The maximum Gasteiger partial charge on any atom is 0.417 e. The fourth-order valence-electron chi connectivity index (χ4n) is 3.55. The summed E-state index contributed by atoms with van der Waals surface area (Å²) >= 11 is 0. The monoisotopic (exact) mass is 403 g/mol. The summed E-state index contributed by atoms with van der Waals surface area (Å²) in [6.07, 6.45) is -1.49. The minimum Gasteiger partial charge on any atom is -0.344 e. The number of aromatic nitrogens is 3. The first-order chi connectivity index (χ1) is 13.9. The number of halogens is 3. The summed E-state index contributed by atoms with van der Waals surface area (Å²) in [6, 6.07) is 10.7. The zero-order valence-electron chi connectivity index (χ0n) is 15.5. The predicted octanol–water partition coefficient (Wildman–Crippen LogP) is 2.90. The number of carbonyl (C=O) groups is 1. The van der Waals surface area contributed by atoms with Gasteiger partial charge in [0.05, 0.1) is 17.6 Å². The number of hydrogen-bond donors (Lipinski definition) is 2. The molecule has 152 valence electrons. The summed E-state index contributed by atoms with van der Waals surface area (Å²) in [4.78, 5) is 12.7. The number of alkyl halides is 3. The Balaban J connectivity index is 1.70. The van der Waals surface area contributed by atoms with Crippen molar-refractivity contribution in [3.05, 3.63) is 65.6 Å². The van der Waals surface area contributed by atoms with Gasteiger partial charge in [-0.1, -0.05) is 30.3 Å². The average Bonchev–Trinajstić information content (AvgIpc) is 3.37. The third-order valence-corrected chi connectivity index (χ3v) is 5.04. The molecule has 2 atom stereocenters. The number of hydrogen-bond acceptors (Lipinski definition) is 4. The van der Waals surface area contributed by atoms with Gasteiger partial charge in [0.2, 0.25) is 5.91 Å². The second-order valence-corrected chi connectivity index (χ2v) is 7.10. The van der Waals surface area contributed by atoms with Crippen LogP contribution in [0.1, 0.15) is 35.8 Å². The number of nitrogens with zero attached hydrogens (tertiary/aromatic N) is 3. The summed E-state index contributed by atoms with van der Waals surface area (Å²) in [5, 5.41) is 14.2. The van der Waals surface area contributed by atoms with Crippen molar-refractivity contribution in [2.24, 2.45) is 0 Å². The van der Waals surface area contributed by atoms with Gasteiger partial charge in [0, 0.05) is 6.20 Å². The topological polar surface area (TPSA) is 71.3 Å². The number of amides is 1. The molecule has 0 bridgehead atoms. The molecule has 0 saturated carbocycles. The SMILES string of the molecule is O=C(N[C@H](Cc1ccccc1)c1nnc2ccc(C(F)(F)F)cn12)C1CCCN1. The van der Waals surface area contributed by atoms with Gasteiger partial charge in [0.1, 0.15) is 0 Å². The number of pyridine rings is 1. The van der Waals surface area contributed by atoms with Gasteiger partial charge in [-0.2, -0.15) is 13.2 Å². The maximum atomic E-state index is 13.2. The van der Waals surface area contributed by atoms with Gasteiger partial charge in [-0.15, -0.1) is 10.2 Å². The van der Waals surface area contributed by atoms with E-state index < -0.39 is 17.8 Å². The van der Waals surface area contributed by atoms with Crippen molar-refractivity contribution in [2.45, 2.75) is 37.5 Å². The molecule has 1 fully saturated rings. The van der Waals surface area contributed by atoms with Crippen molar-refractivity contribution in [1.82, 2.24) is 25.2 Å². The molecule has 4 rings (SSSR count). The lowest BCUT2D eigenvalue weighted by Gasteiger charge is -2.20. The molecule has 1 saturated heterocycles. The molecule has 1 unspecified atom stereocenters. The molecule has 1 amide bonds. The molecule has 2 aromatic heterocycles. The Labute approximate surface area is 165 Å². The van der Waals surface area contributed by atoms with E-state index in [1.165, 1.54) is 10.5 Å². The second-order valence-electron chi connectivity index (χ2n) is 7.10. The van der Waals surface area contributed by atoms with Gasteiger partial charge in [-0.25, -0.2) is 0 Å². The first-order valence-electron chi connectivity index (χ1n) is 9.41. The highest BCUT2D eigenvalue weighted by atomic mass is 19.4. The largest absolute Gasteiger partial charge is 0.417 e. The second kappa shape index (κ2) is 7.82. The summed E-state index contributed by atoms with van der Waals surface area (Å²) < 4.78 is 40.9. The Kier molecular flexibility index (Phi) is 5.23. The van der Waals surface area contributed by atoms with Gasteiger partial charge in [-0.05, 0) is 43.5 Å². The number of benzene rings is 1. The maximum absolute atomic E-state index is 13.2. The smallest absolute Gasteiger partial charge is 0.344 e. The Hall–Kier alpha value is -2.94. The van der Waals surface area contributed by atoms with E-state index in [4.69, 9.17) is 0 Å². The lowest BCUT2D eigenvalue weighted by atomic mass is 10.0. The molecule has 1 aliphatic rings. The summed E-state index contributed by atoms with van der Waals surface area (Å²) in [5.41, 5.74) is 0.425. The number of carbonyl (C=O) groups excluding carboxylic acids is 1. The molecule has 3 aromatic rings. The number of rotatable bonds is 5.